The second-order valence-electron chi connectivity index (χ2n) is 6.26. The Morgan fingerprint density at radius 1 is 0.828 bits per heavy atom. The molecule has 0 radical (unpaired) electrons. The number of benzene rings is 3. The minimum atomic E-state index is -0.278. The zero-order chi connectivity index (χ0) is 20.5. The highest BCUT2D eigenvalue weighted by Crippen LogP contribution is 2.16. The van der Waals surface area contributed by atoms with E-state index >= 15 is 0 Å². The summed E-state index contributed by atoms with van der Waals surface area (Å²) in [6.07, 6.45) is 0. The van der Waals surface area contributed by atoms with Crippen LogP contribution in [0.25, 0.3) is 0 Å². The van der Waals surface area contributed by atoms with Gasteiger partial charge in [0.05, 0.1) is 7.11 Å². The lowest BCUT2D eigenvalue weighted by molar-refractivity contribution is -0.118. The molecule has 0 aliphatic rings. The van der Waals surface area contributed by atoms with E-state index in [2.05, 4.69) is 10.6 Å². The topological polar surface area (TPSA) is 76.7 Å². The van der Waals surface area contributed by atoms with Crippen LogP contribution in [0, 0.1) is 0 Å². The van der Waals surface area contributed by atoms with Crippen LogP contribution in [-0.4, -0.2) is 25.5 Å². The van der Waals surface area contributed by atoms with Crippen LogP contribution in [0.1, 0.15) is 15.9 Å². The van der Waals surface area contributed by atoms with Crippen molar-refractivity contribution in [1.29, 1.82) is 0 Å². The van der Waals surface area contributed by atoms with Gasteiger partial charge in [0.15, 0.2) is 6.61 Å². The number of anilines is 1. The summed E-state index contributed by atoms with van der Waals surface area (Å²) in [7, 11) is 1.58. The second kappa shape index (κ2) is 9.94. The minimum Gasteiger partial charge on any atom is -0.497 e. The fourth-order valence-corrected chi connectivity index (χ4v) is 2.60. The molecule has 0 aliphatic carbocycles. The van der Waals surface area contributed by atoms with Gasteiger partial charge in [-0.15, -0.1) is 0 Å². The highest BCUT2D eigenvalue weighted by atomic mass is 16.5. The Balaban J connectivity index is 1.45. The van der Waals surface area contributed by atoms with Crippen molar-refractivity contribution < 1.29 is 19.1 Å². The molecule has 0 saturated heterocycles. The van der Waals surface area contributed by atoms with Gasteiger partial charge in [-0.25, -0.2) is 0 Å². The van der Waals surface area contributed by atoms with E-state index in [1.807, 2.05) is 30.3 Å². The van der Waals surface area contributed by atoms with Crippen LogP contribution in [0.5, 0.6) is 11.5 Å². The maximum atomic E-state index is 12.2. The van der Waals surface area contributed by atoms with Crippen molar-refractivity contribution in [2.45, 2.75) is 6.54 Å². The predicted octanol–water partition coefficient (Wildman–Crippen LogP) is 3.64. The number of hydrogen-bond acceptors (Lipinski definition) is 4. The first-order valence-electron chi connectivity index (χ1n) is 9.13. The Morgan fingerprint density at radius 2 is 1.48 bits per heavy atom. The first kappa shape index (κ1) is 19.9. The number of methoxy groups -OCH3 is 1. The van der Waals surface area contributed by atoms with Crippen molar-refractivity contribution in [2.75, 3.05) is 19.0 Å². The van der Waals surface area contributed by atoms with Gasteiger partial charge in [-0.05, 0) is 54.1 Å². The average molecular weight is 390 g/mol. The molecule has 3 aromatic carbocycles. The van der Waals surface area contributed by atoms with Crippen molar-refractivity contribution >= 4 is 17.5 Å². The number of nitrogens with one attached hydrogen (secondary N) is 2. The van der Waals surface area contributed by atoms with E-state index < -0.39 is 0 Å². The lowest BCUT2D eigenvalue weighted by atomic mass is 10.2. The summed E-state index contributed by atoms with van der Waals surface area (Å²) in [6.45, 7) is 0.328. The molecule has 2 N–H and O–H groups in total. The van der Waals surface area contributed by atoms with Crippen molar-refractivity contribution in [3.8, 4) is 11.5 Å². The predicted molar refractivity (Wildman–Crippen MR) is 111 cm³/mol. The van der Waals surface area contributed by atoms with E-state index in [0.29, 0.717) is 29.3 Å². The molecule has 0 atom stereocenters. The van der Waals surface area contributed by atoms with Gasteiger partial charge in [-0.1, -0.05) is 30.3 Å². The highest BCUT2D eigenvalue weighted by molar-refractivity contribution is 5.94. The zero-order valence-electron chi connectivity index (χ0n) is 16.1. The third-order valence-corrected chi connectivity index (χ3v) is 4.16. The van der Waals surface area contributed by atoms with Gasteiger partial charge in [0.25, 0.3) is 11.8 Å². The molecular weight excluding hydrogens is 368 g/mol. The summed E-state index contributed by atoms with van der Waals surface area (Å²) in [6, 6.07) is 23.4. The van der Waals surface area contributed by atoms with Crippen LogP contribution in [0.15, 0.2) is 78.9 Å². The molecule has 0 aromatic heterocycles. The molecule has 2 amide bonds. The van der Waals surface area contributed by atoms with Gasteiger partial charge in [-0.3, -0.25) is 9.59 Å². The van der Waals surface area contributed by atoms with Crippen LogP contribution < -0.4 is 20.1 Å². The number of ether oxygens (including phenoxy) is 2. The second-order valence-corrected chi connectivity index (χ2v) is 6.26. The maximum absolute atomic E-state index is 12.2. The Hall–Kier alpha value is -3.80. The number of carbonyl (C=O) groups is 2. The lowest BCUT2D eigenvalue weighted by Gasteiger charge is -2.09. The van der Waals surface area contributed by atoms with Crippen LogP contribution >= 0.6 is 0 Å². The van der Waals surface area contributed by atoms with Gasteiger partial charge in [0, 0.05) is 17.8 Å². The molecule has 0 spiro atoms. The summed E-state index contributed by atoms with van der Waals surface area (Å²) >= 11 is 0. The van der Waals surface area contributed by atoms with Crippen LogP contribution in [-0.2, 0) is 11.3 Å². The molecule has 0 heterocycles. The molecule has 3 aromatic rings. The molecule has 3 rings (SSSR count). The Morgan fingerprint density at radius 3 is 2.14 bits per heavy atom. The molecule has 0 fully saturated rings. The van der Waals surface area contributed by atoms with Gasteiger partial charge >= 0.3 is 0 Å². The van der Waals surface area contributed by atoms with E-state index in [4.69, 9.17) is 9.47 Å². The largest absolute Gasteiger partial charge is 0.497 e. The van der Waals surface area contributed by atoms with Crippen LogP contribution in [0.3, 0.4) is 0 Å². The standard InChI is InChI=1S/C23H22N2O4/c1-28-20-13-9-19(10-14-20)25-22(26)16-29-21-11-7-18(8-12-21)23(27)24-15-17-5-3-2-4-6-17/h2-14H,15-16H2,1H3,(H,24,27)(H,25,26). The third kappa shape index (κ3) is 6.10. The third-order valence-electron chi connectivity index (χ3n) is 4.16. The smallest absolute Gasteiger partial charge is 0.262 e. The molecule has 0 aliphatic heterocycles. The van der Waals surface area contributed by atoms with E-state index in [0.717, 1.165) is 5.56 Å². The fourth-order valence-electron chi connectivity index (χ4n) is 2.60. The molecule has 0 bridgehead atoms. The monoisotopic (exact) mass is 390 g/mol. The summed E-state index contributed by atoms with van der Waals surface area (Å²) in [5.41, 5.74) is 2.21. The lowest BCUT2D eigenvalue weighted by Crippen LogP contribution is -2.22. The van der Waals surface area contributed by atoms with Crippen molar-refractivity contribution in [3.05, 3.63) is 90.0 Å². The molecule has 6 heteroatoms. The first-order valence-corrected chi connectivity index (χ1v) is 9.13. The summed E-state index contributed by atoms with van der Waals surface area (Å²) in [4.78, 5) is 24.2. The van der Waals surface area contributed by atoms with Crippen molar-refractivity contribution in [1.82, 2.24) is 5.32 Å². The molecule has 0 unspecified atom stereocenters. The van der Waals surface area contributed by atoms with Gasteiger partial charge in [0.2, 0.25) is 0 Å². The van der Waals surface area contributed by atoms with Gasteiger partial charge < -0.3 is 20.1 Å². The number of amides is 2. The average Bonchev–Trinajstić information content (AvgIpc) is 2.77. The van der Waals surface area contributed by atoms with Crippen LogP contribution in [0.2, 0.25) is 0 Å². The Kier molecular flexibility index (Phi) is 6.84. The van der Waals surface area contributed by atoms with Crippen molar-refractivity contribution in [3.63, 3.8) is 0 Å². The Labute approximate surface area is 169 Å². The molecule has 0 saturated carbocycles. The quantitative estimate of drug-likeness (QED) is 0.616. The summed E-state index contributed by atoms with van der Waals surface area (Å²) in [5, 5.41) is 5.61. The summed E-state index contributed by atoms with van der Waals surface area (Å²) in [5.74, 6) is 0.777. The minimum absolute atomic E-state index is 0.133. The van der Waals surface area contributed by atoms with E-state index in [-0.39, 0.29) is 18.4 Å². The van der Waals surface area contributed by atoms with Crippen molar-refractivity contribution in [2.24, 2.45) is 0 Å². The van der Waals surface area contributed by atoms with E-state index in [1.165, 1.54) is 0 Å². The fraction of sp³-hybridized carbons (Fsp3) is 0.130. The highest BCUT2D eigenvalue weighted by Gasteiger charge is 2.07. The van der Waals surface area contributed by atoms with Gasteiger partial charge in [-0.2, -0.15) is 0 Å². The summed E-state index contributed by atoms with van der Waals surface area (Å²) < 4.78 is 10.6. The first-order chi connectivity index (χ1) is 14.1. The molecular formula is C23H22N2O4. The number of carbonyl (C=O) groups excluding carboxylic acids is 2. The normalized spacial score (nSPS) is 10.1. The van der Waals surface area contributed by atoms with Gasteiger partial charge in [0.1, 0.15) is 11.5 Å². The maximum Gasteiger partial charge on any atom is 0.262 e. The number of rotatable bonds is 8. The Bertz CT molecular complexity index is 939. The zero-order valence-corrected chi connectivity index (χ0v) is 16.1. The molecule has 29 heavy (non-hydrogen) atoms. The number of hydrogen-bond donors (Lipinski definition) is 2. The van der Waals surface area contributed by atoms with Crippen LogP contribution in [0.4, 0.5) is 5.69 Å². The van der Waals surface area contributed by atoms with E-state index in [9.17, 15) is 9.59 Å². The SMILES string of the molecule is COc1ccc(NC(=O)COc2ccc(C(=O)NCc3ccccc3)cc2)cc1. The molecule has 148 valence electrons. The van der Waals surface area contributed by atoms with E-state index in [1.54, 1.807) is 55.6 Å². The molecule has 6 nitrogen and oxygen atoms in total.